The van der Waals surface area contributed by atoms with Gasteiger partial charge in [-0.05, 0) is 29.8 Å². The number of hydrogen-bond donors (Lipinski definition) is 1. The zero-order valence-electron chi connectivity index (χ0n) is 13.3. The molecule has 0 bridgehead atoms. The Morgan fingerprint density at radius 1 is 1.08 bits per heavy atom. The van der Waals surface area contributed by atoms with Gasteiger partial charge in [-0.1, -0.05) is 0 Å². The molecule has 0 unspecified atom stereocenters. The van der Waals surface area contributed by atoms with E-state index in [1.807, 2.05) is 0 Å². The number of fused-ring (bicyclic) bond motifs is 1. The zero-order chi connectivity index (χ0) is 18.5. The first-order valence-electron chi connectivity index (χ1n) is 7.54. The molecule has 4 aromatic heterocycles. The van der Waals surface area contributed by atoms with E-state index in [1.165, 1.54) is 23.0 Å². The van der Waals surface area contributed by atoms with Crippen LogP contribution < -0.4 is 0 Å². The van der Waals surface area contributed by atoms with Gasteiger partial charge in [-0.3, -0.25) is 9.67 Å². The number of aromatic amines is 1. The molecule has 0 aliphatic heterocycles. The van der Waals surface area contributed by atoms with Crippen LogP contribution in [0.25, 0.3) is 33.5 Å². The Morgan fingerprint density at radius 2 is 1.88 bits per heavy atom. The number of alkyl halides is 3. The van der Waals surface area contributed by atoms with Crippen molar-refractivity contribution in [1.82, 2.24) is 24.7 Å². The summed E-state index contributed by atoms with van der Waals surface area (Å²) in [6, 6.07) is 5.35. The molecule has 5 nitrogen and oxygen atoms in total. The minimum absolute atomic E-state index is 0.122. The number of halogens is 4. The monoisotopic (exact) mass is 361 g/mol. The normalized spacial score (nSPS) is 12.0. The Morgan fingerprint density at radius 3 is 2.58 bits per heavy atom. The lowest BCUT2D eigenvalue weighted by molar-refractivity contribution is -0.140. The Hall–Kier alpha value is -3.23. The first-order chi connectivity index (χ1) is 12.3. The average Bonchev–Trinajstić information content (AvgIpc) is 3.18. The Balaban J connectivity index is 1.94. The number of pyridine rings is 2. The fraction of sp³-hybridized carbons (Fsp3) is 0.118. The van der Waals surface area contributed by atoms with E-state index in [4.69, 9.17) is 0 Å². The summed E-state index contributed by atoms with van der Waals surface area (Å²) in [5.41, 5.74) is 1.20. The Bertz CT molecular complexity index is 1090. The summed E-state index contributed by atoms with van der Waals surface area (Å²) in [6.45, 7) is 0. The molecule has 9 heteroatoms. The summed E-state index contributed by atoms with van der Waals surface area (Å²) >= 11 is 0. The maximum Gasteiger partial charge on any atom is 0.431 e. The zero-order valence-corrected chi connectivity index (χ0v) is 13.3. The SMILES string of the molecule is Cn1cc(-c2ccnc3[nH]c(C(F)(F)F)cc23)c(-c2ccc(F)cn2)n1. The number of aryl methyl sites for hydroxylation is 1. The molecule has 0 fully saturated rings. The maximum atomic E-state index is 13.1. The van der Waals surface area contributed by atoms with E-state index in [0.29, 0.717) is 27.9 Å². The van der Waals surface area contributed by atoms with Crippen LogP contribution in [0.3, 0.4) is 0 Å². The smallest absolute Gasteiger partial charge is 0.336 e. The highest BCUT2D eigenvalue weighted by molar-refractivity contribution is 5.97. The van der Waals surface area contributed by atoms with Crippen molar-refractivity contribution in [3.05, 3.63) is 54.4 Å². The quantitative estimate of drug-likeness (QED) is 0.545. The molecule has 26 heavy (non-hydrogen) atoms. The lowest BCUT2D eigenvalue weighted by Gasteiger charge is -2.03. The topological polar surface area (TPSA) is 59.4 Å². The van der Waals surface area contributed by atoms with Crippen molar-refractivity contribution in [2.45, 2.75) is 6.18 Å². The van der Waals surface area contributed by atoms with Crippen LogP contribution in [0.5, 0.6) is 0 Å². The predicted octanol–water partition coefficient (Wildman–Crippen LogP) is 4.18. The van der Waals surface area contributed by atoms with Gasteiger partial charge in [-0.2, -0.15) is 18.3 Å². The first-order valence-corrected chi connectivity index (χ1v) is 7.54. The van der Waals surface area contributed by atoms with E-state index in [0.717, 1.165) is 12.3 Å². The minimum atomic E-state index is -4.51. The largest absolute Gasteiger partial charge is 0.431 e. The molecule has 132 valence electrons. The number of hydrogen-bond acceptors (Lipinski definition) is 3. The van der Waals surface area contributed by atoms with Crippen LogP contribution in [-0.4, -0.2) is 24.7 Å². The van der Waals surface area contributed by atoms with Gasteiger partial charge in [-0.25, -0.2) is 9.37 Å². The first kappa shape index (κ1) is 16.2. The van der Waals surface area contributed by atoms with Crippen molar-refractivity contribution >= 4 is 11.0 Å². The molecule has 0 aliphatic carbocycles. The highest BCUT2D eigenvalue weighted by atomic mass is 19.4. The molecular formula is C17H11F4N5. The molecule has 0 atom stereocenters. The van der Waals surface area contributed by atoms with Crippen molar-refractivity contribution in [2.24, 2.45) is 7.05 Å². The number of aromatic nitrogens is 5. The molecule has 0 aromatic carbocycles. The fourth-order valence-corrected chi connectivity index (χ4v) is 2.81. The molecule has 0 amide bonds. The Labute approximate surface area is 144 Å². The van der Waals surface area contributed by atoms with Crippen LogP contribution in [0.2, 0.25) is 0 Å². The van der Waals surface area contributed by atoms with Gasteiger partial charge in [0.1, 0.15) is 22.9 Å². The van der Waals surface area contributed by atoms with Crippen molar-refractivity contribution < 1.29 is 17.6 Å². The number of nitrogens with zero attached hydrogens (tertiary/aromatic N) is 4. The van der Waals surface area contributed by atoms with Gasteiger partial charge >= 0.3 is 6.18 Å². The van der Waals surface area contributed by atoms with E-state index in [9.17, 15) is 17.6 Å². The van der Waals surface area contributed by atoms with Crippen LogP contribution in [0.15, 0.2) is 42.9 Å². The van der Waals surface area contributed by atoms with E-state index in [-0.39, 0.29) is 5.65 Å². The van der Waals surface area contributed by atoms with E-state index in [2.05, 4.69) is 20.1 Å². The molecule has 0 aliphatic rings. The molecule has 0 saturated heterocycles. The average molecular weight is 361 g/mol. The molecule has 4 aromatic rings. The van der Waals surface area contributed by atoms with Crippen LogP contribution in [0.1, 0.15) is 5.69 Å². The number of rotatable bonds is 2. The highest BCUT2D eigenvalue weighted by Gasteiger charge is 2.33. The second-order valence-electron chi connectivity index (χ2n) is 5.73. The van der Waals surface area contributed by atoms with Gasteiger partial charge < -0.3 is 4.98 Å². The summed E-state index contributed by atoms with van der Waals surface area (Å²) < 4.78 is 53.8. The summed E-state index contributed by atoms with van der Waals surface area (Å²) in [6.07, 6.45) is -0.346. The molecule has 4 rings (SSSR count). The van der Waals surface area contributed by atoms with Crippen LogP contribution in [0, 0.1) is 5.82 Å². The third-order valence-electron chi connectivity index (χ3n) is 3.93. The molecule has 0 radical (unpaired) electrons. The van der Waals surface area contributed by atoms with Crippen molar-refractivity contribution in [3.8, 4) is 22.5 Å². The lowest BCUT2D eigenvalue weighted by atomic mass is 10.0. The fourth-order valence-electron chi connectivity index (χ4n) is 2.81. The van der Waals surface area contributed by atoms with Crippen LogP contribution >= 0.6 is 0 Å². The van der Waals surface area contributed by atoms with E-state index >= 15 is 0 Å². The third kappa shape index (κ3) is 2.71. The summed E-state index contributed by atoms with van der Waals surface area (Å²) in [4.78, 5) is 10.3. The lowest BCUT2D eigenvalue weighted by Crippen LogP contribution is -2.04. The van der Waals surface area contributed by atoms with Gasteiger partial charge in [-0.15, -0.1) is 0 Å². The van der Waals surface area contributed by atoms with Crippen molar-refractivity contribution in [3.63, 3.8) is 0 Å². The molecular weight excluding hydrogens is 350 g/mol. The van der Waals surface area contributed by atoms with Crippen LogP contribution in [-0.2, 0) is 13.2 Å². The van der Waals surface area contributed by atoms with Crippen molar-refractivity contribution in [2.75, 3.05) is 0 Å². The second kappa shape index (κ2) is 5.65. The molecule has 1 N–H and O–H groups in total. The van der Waals surface area contributed by atoms with Gasteiger partial charge in [0.2, 0.25) is 0 Å². The second-order valence-corrected chi connectivity index (χ2v) is 5.73. The van der Waals surface area contributed by atoms with E-state index in [1.54, 1.807) is 19.3 Å². The third-order valence-corrected chi connectivity index (χ3v) is 3.93. The van der Waals surface area contributed by atoms with Gasteiger partial charge in [0, 0.05) is 30.4 Å². The maximum absolute atomic E-state index is 13.1. The minimum Gasteiger partial charge on any atom is -0.336 e. The molecule has 4 heterocycles. The van der Waals surface area contributed by atoms with Gasteiger partial charge in [0.15, 0.2) is 0 Å². The number of nitrogens with one attached hydrogen (secondary N) is 1. The number of H-pyrrole nitrogens is 1. The molecule has 0 spiro atoms. The van der Waals surface area contributed by atoms with Gasteiger partial charge in [0.05, 0.1) is 11.9 Å². The van der Waals surface area contributed by atoms with E-state index < -0.39 is 17.7 Å². The molecule has 0 saturated carbocycles. The Kier molecular flexibility index (Phi) is 3.53. The van der Waals surface area contributed by atoms with Crippen LogP contribution in [0.4, 0.5) is 17.6 Å². The van der Waals surface area contributed by atoms with Gasteiger partial charge in [0.25, 0.3) is 0 Å². The highest BCUT2D eigenvalue weighted by Crippen LogP contribution is 2.37. The van der Waals surface area contributed by atoms with Crippen molar-refractivity contribution in [1.29, 1.82) is 0 Å². The summed E-state index contributed by atoms with van der Waals surface area (Å²) in [5, 5.41) is 4.64. The standard InChI is InChI=1S/C17H11F4N5/c1-26-8-12(15(25-26)13-3-2-9(18)7-23-13)10-4-5-22-16-11(10)6-14(24-16)17(19,20)21/h2-8H,1H3,(H,22,24). The summed E-state index contributed by atoms with van der Waals surface area (Å²) in [7, 11) is 1.69. The summed E-state index contributed by atoms with van der Waals surface area (Å²) in [5.74, 6) is -0.488. The predicted molar refractivity (Wildman–Crippen MR) is 86.5 cm³/mol.